The van der Waals surface area contributed by atoms with Crippen molar-refractivity contribution in [2.45, 2.75) is 46.2 Å². The first-order chi connectivity index (χ1) is 10.0. The van der Waals surface area contributed by atoms with E-state index in [1.807, 2.05) is 11.5 Å². The van der Waals surface area contributed by atoms with Crippen LogP contribution in [-0.2, 0) is 6.54 Å². The second kappa shape index (κ2) is 5.15. The first-order valence-electron chi connectivity index (χ1n) is 7.55. The van der Waals surface area contributed by atoms with Crippen LogP contribution in [0.1, 0.15) is 41.1 Å². The highest BCUT2D eigenvalue weighted by Crippen LogP contribution is 2.37. The molecule has 3 rings (SSSR count). The predicted octanol–water partition coefficient (Wildman–Crippen LogP) is 3.23. The third kappa shape index (κ3) is 2.42. The maximum absolute atomic E-state index is 12.7. The van der Waals surface area contributed by atoms with Crippen molar-refractivity contribution >= 4 is 0 Å². The van der Waals surface area contributed by atoms with Crippen molar-refractivity contribution in [3.05, 3.63) is 56.9 Å². The van der Waals surface area contributed by atoms with Crippen LogP contribution in [0.5, 0.6) is 0 Å². The number of aryl methyl sites for hydroxylation is 3. The Morgan fingerprint density at radius 1 is 1.10 bits per heavy atom. The average molecular weight is 282 g/mol. The summed E-state index contributed by atoms with van der Waals surface area (Å²) in [7, 11) is 0. The lowest BCUT2D eigenvalue weighted by molar-refractivity contribution is 0.701. The van der Waals surface area contributed by atoms with E-state index in [0.29, 0.717) is 12.6 Å². The smallest absolute Gasteiger partial charge is 0.256 e. The lowest BCUT2D eigenvalue weighted by atomic mass is 10.0. The Hall–Kier alpha value is -1.87. The van der Waals surface area contributed by atoms with Crippen LogP contribution in [-0.4, -0.2) is 4.57 Å². The number of nitrogens with two attached hydrogens (primary N) is 1. The molecular weight excluding hydrogens is 260 g/mol. The molecule has 0 bridgehead atoms. The highest BCUT2D eigenvalue weighted by molar-refractivity contribution is 5.63. The monoisotopic (exact) mass is 282 g/mol. The molecule has 2 N–H and O–H groups in total. The van der Waals surface area contributed by atoms with Gasteiger partial charge in [-0.2, -0.15) is 0 Å². The van der Waals surface area contributed by atoms with E-state index in [0.717, 1.165) is 35.2 Å². The van der Waals surface area contributed by atoms with E-state index >= 15 is 0 Å². The molecule has 1 fully saturated rings. The van der Waals surface area contributed by atoms with Crippen molar-refractivity contribution < 1.29 is 0 Å². The van der Waals surface area contributed by atoms with Gasteiger partial charge in [0.1, 0.15) is 0 Å². The van der Waals surface area contributed by atoms with Crippen LogP contribution in [0.15, 0.2) is 29.1 Å². The summed E-state index contributed by atoms with van der Waals surface area (Å²) in [5.74, 6) is 0. The molecule has 3 heteroatoms. The SMILES string of the molecule is Cc1ccc(-c2cc(C)c(CN)c(=O)n2C2CC2)cc1C. The molecule has 1 aromatic heterocycles. The summed E-state index contributed by atoms with van der Waals surface area (Å²) in [6, 6.07) is 8.87. The lowest BCUT2D eigenvalue weighted by Crippen LogP contribution is -2.27. The second-order valence-electron chi connectivity index (χ2n) is 6.10. The van der Waals surface area contributed by atoms with Gasteiger partial charge in [-0.25, -0.2) is 0 Å². The van der Waals surface area contributed by atoms with Gasteiger partial charge in [0.15, 0.2) is 0 Å². The summed E-state index contributed by atoms with van der Waals surface area (Å²) in [5.41, 5.74) is 12.3. The van der Waals surface area contributed by atoms with E-state index in [1.165, 1.54) is 11.1 Å². The van der Waals surface area contributed by atoms with Crippen LogP contribution in [0, 0.1) is 20.8 Å². The molecule has 3 nitrogen and oxygen atoms in total. The average Bonchev–Trinajstić information content (AvgIpc) is 3.26. The molecule has 110 valence electrons. The van der Waals surface area contributed by atoms with Crippen molar-refractivity contribution in [2.75, 3.05) is 0 Å². The van der Waals surface area contributed by atoms with Crippen molar-refractivity contribution in [3.63, 3.8) is 0 Å². The predicted molar refractivity (Wildman–Crippen MR) is 86.5 cm³/mol. The van der Waals surface area contributed by atoms with Gasteiger partial charge in [0, 0.05) is 18.2 Å². The Labute approximate surface area is 125 Å². The minimum Gasteiger partial charge on any atom is -0.326 e. The lowest BCUT2D eigenvalue weighted by Gasteiger charge is -2.17. The molecule has 1 saturated carbocycles. The molecule has 0 amide bonds. The minimum absolute atomic E-state index is 0.0910. The highest BCUT2D eigenvalue weighted by atomic mass is 16.1. The zero-order valence-electron chi connectivity index (χ0n) is 12.9. The number of aromatic nitrogens is 1. The van der Waals surface area contributed by atoms with Gasteiger partial charge in [-0.05, 0) is 68.0 Å². The van der Waals surface area contributed by atoms with E-state index in [2.05, 4.69) is 38.1 Å². The molecule has 1 aliphatic rings. The van der Waals surface area contributed by atoms with Crippen molar-refractivity contribution in [1.82, 2.24) is 4.57 Å². The molecule has 1 aliphatic carbocycles. The van der Waals surface area contributed by atoms with Gasteiger partial charge >= 0.3 is 0 Å². The number of hydrogen-bond acceptors (Lipinski definition) is 2. The molecule has 1 heterocycles. The van der Waals surface area contributed by atoms with Gasteiger partial charge in [0.25, 0.3) is 5.56 Å². The summed E-state index contributed by atoms with van der Waals surface area (Å²) >= 11 is 0. The summed E-state index contributed by atoms with van der Waals surface area (Å²) in [6.07, 6.45) is 2.18. The summed E-state index contributed by atoms with van der Waals surface area (Å²) in [6.45, 7) is 6.51. The normalized spacial score (nSPS) is 14.5. The molecule has 1 aromatic carbocycles. The summed E-state index contributed by atoms with van der Waals surface area (Å²) in [4.78, 5) is 12.7. The maximum Gasteiger partial charge on any atom is 0.256 e. The molecule has 2 aromatic rings. The van der Waals surface area contributed by atoms with Gasteiger partial charge in [-0.1, -0.05) is 12.1 Å². The van der Waals surface area contributed by atoms with Crippen molar-refractivity contribution in [2.24, 2.45) is 5.73 Å². The first-order valence-corrected chi connectivity index (χ1v) is 7.55. The first kappa shape index (κ1) is 14.1. The van der Waals surface area contributed by atoms with Crippen molar-refractivity contribution in [3.8, 4) is 11.3 Å². The number of pyridine rings is 1. The van der Waals surface area contributed by atoms with Gasteiger partial charge < -0.3 is 10.3 Å². The van der Waals surface area contributed by atoms with Crippen LogP contribution in [0.25, 0.3) is 11.3 Å². The Kier molecular flexibility index (Phi) is 3.46. The molecule has 0 saturated heterocycles. The van der Waals surface area contributed by atoms with Crippen LogP contribution < -0.4 is 11.3 Å². The van der Waals surface area contributed by atoms with Crippen LogP contribution >= 0.6 is 0 Å². The molecule has 21 heavy (non-hydrogen) atoms. The Balaban J connectivity index is 2.26. The second-order valence-corrected chi connectivity index (χ2v) is 6.10. The Bertz CT molecular complexity index is 755. The quantitative estimate of drug-likeness (QED) is 0.939. The highest BCUT2D eigenvalue weighted by Gasteiger charge is 2.28. The fourth-order valence-corrected chi connectivity index (χ4v) is 2.85. The molecule has 0 atom stereocenters. The largest absolute Gasteiger partial charge is 0.326 e. The zero-order chi connectivity index (χ0) is 15.1. The van der Waals surface area contributed by atoms with Gasteiger partial charge in [-0.15, -0.1) is 0 Å². The topological polar surface area (TPSA) is 48.0 Å². The third-order valence-corrected chi connectivity index (χ3v) is 4.48. The van der Waals surface area contributed by atoms with Gasteiger partial charge in [-0.3, -0.25) is 4.79 Å². The van der Waals surface area contributed by atoms with Crippen LogP contribution in [0.4, 0.5) is 0 Å². The van der Waals surface area contributed by atoms with Crippen LogP contribution in [0.3, 0.4) is 0 Å². The fourth-order valence-electron chi connectivity index (χ4n) is 2.85. The number of hydrogen-bond donors (Lipinski definition) is 1. The Morgan fingerprint density at radius 2 is 1.81 bits per heavy atom. The summed E-state index contributed by atoms with van der Waals surface area (Å²) < 4.78 is 1.96. The maximum atomic E-state index is 12.7. The molecule has 0 spiro atoms. The standard InChI is InChI=1S/C18H22N2O/c1-11-4-5-14(8-12(11)2)17-9-13(3)16(10-19)18(21)20(17)15-6-7-15/h4-5,8-9,15H,6-7,10,19H2,1-3H3. The zero-order valence-corrected chi connectivity index (χ0v) is 12.9. The number of benzene rings is 1. The van der Waals surface area contributed by atoms with Crippen LogP contribution in [0.2, 0.25) is 0 Å². The van der Waals surface area contributed by atoms with E-state index in [4.69, 9.17) is 5.73 Å². The van der Waals surface area contributed by atoms with E-state index in [-0.39, 0.29) is 5.56 Å². The molecule has 0 aliphatic heterocycles. The molecular formula is C18H22N2O. The number of rotatable bonds is 3. The Morgan fingerprint density at radius 3 is 2.38 bits per heavy atom. The third-order valence-electron chi connectivity index (χ3n) is 4.48. The van der Waals surface area contributed by atoms with Crippen molar-refractivity contribution in [1.29, 1.82) is 0 Å². The summed E-state index contributed by atoms with van der Waals surface area (Å²) in [5, 5.41) is 0. The number of nitrogens with zero attached hydrogens (tertiary/aromatic N) is 1. The van der Waals surface area contributed by atoms with Gasteiger partial charge in [0.2, 0.25) is 0 Å². The van der Waals surface area contributed by atoms with Gasteiger partial charge in [0.05, 0.1) is 5.69 Å². The van der Waals surface area contributed by atoms with E-state index in [1.54, 1.807) is 0 Å². The van der Waals surface area contributed by atoms with E-state index < -0.39 is 0 Å². The fraction of sp³-hybridized carbons (Fsp3) is 0.389. The molecule has 0 unspecified atom stereocenters. The minimum atomic E-state index is 0.0910. The molecule has 0 radical (unpaired) electrons. The van der Waals surface area contributed by atoms with E-state index in [9.17, 15) is 4.79 Å².